The van der Waals surface area contributed by atoms with Gasteiger partial charge in [0.25, 0.3) is 0 Å². The molecule has 3 nitrogen and oxygen atoms in total. The van der Waals surface area contributed by atoms with E-state index in [2.05, 4.69) is 35.1 Å². The Hall–Kier alpha value is -1.09. The summed E-state index contributed by atoms with van der Waals surface area (Å²) in [5.74, 6) is 0.872. The molecular formula is C17H27N3. The molecule has 1 N–H and O–H groups in total. The van der Waals surface area contributed by atoms with E-state index in [9.17, 15) is 0 Å². The maximum atomic E-state index is 4.37. The number of nitrogens with one attached hydrogen (secondary N) is 1. The Labute approximate surface area is 122 Å². The van der Waals surface area contributed by atoms with Crippen LogP contribution in [0.3, 0.4) is 0 Å². The van der Waals surface area contributed by atoms with Crippen LogP contribution in [0.2, 0.25) is 0 Å². The van der Waals surface area contributed by atoms with Crippen LogP contribution in [-0.2, 0) is 0 Å². The number of piperazine rings is 1. The van der Waals surface area contributed by atoms with Gasteiger partial charge in [-0.1, -0.05) is 19.3 Å². The van der Waals surface area contributed by atoms with Gasteiger partial charge in [-0.3, -0.25) is 4.98 Å². The third-order valence-corrected chi connectivity index (χ3v) is 5.01. The molecule has 1 aromatic rings. The van der Waals surface area contributed by atoms with Gasteiger partial charge in [-0.2, -0.15) is 0 Å². The Morgan fingerprint density at radius 1 is 1.20 bits per heavy atom. The van der Waals surface area contributed by atoms with Crippen molar-refractivity contribution in [3.8, 4) is 0 Å². The van der Waals surface area contributed by atoms with Crippen molar-refractivity contribution in [1.82, 2.24) is 10.3 Å². The summed E-state index contributed by atoms with van der Waals surface area (Å²) in [6, 6.07) is 3.48. The van der Waals surface area contributed by atoms with Crippen molar-refractivity contribution in [2.45, 2.75) is 58.0 Å². The monoisotopic (exact) mass is 273 g/mol. The lowest BCUT2D eigenvalue weighted by molar-refractivity contribution is 0.245. The van der Waals surface area contributed by atoms with E-state index in [4.69, 9.17) is 0 Å². The minimum absolute atomic E-state index is 0.554. The fourth-order valence-corrected chi connectivity index (χ4v) is 3.80. The molecule has 3 rings (SSSR count). The van der Waals surface area contributed by atoms with Gasteiger partial charge in [-0.15, -0.1) is 0 Å². The van der Waals surface area contributed by atoms with E-state index in [1.165, 1.54) is 43.4 Å². The van der Waals surface area contributed by atoms with Crippen LogP contribution in [0.15, 0.2) is 18.5 Å². The predicted octanol–water partition coefficient (Wildman–Crippen LogP) is 3.14. The summed E-state index contributed by atoms with van der Waals surface area (Å²) >= 11 is 0. The Morgan fingerprint density at radius 3 is 2.75 bits per heavy atom. The Kier molecular flexibility index (Phi) is 4.25. The lowest BCUT2D eigenvalue weighted by atomic mass is 9.82. The number of hydrogen-bond acceptors (Lipinski definition) is 3. The third kappa shape index (κ3) is 2.98. The summed E-state index contributed by atoms with van der Waals surface area (Å²) in [4.78, 5) is 6.92. The number of anilines is 1. The molecule has 1 aromatic heterocycles. The van der Waals surface area contributed by atoms with Crippen molar-refractivity contribution in [1.29, 1.82) is 0 Å². The maximum absolute atomic E-state index is 4.37. The summed E-state index contributed by atoms with van der Waals surface area (Å²) in [5, 5.41) is 3.79. The van der Waals surface area contributed by atoms with Gasteiger partial charge in [0, 0.05) is 31.4 Å². The average Bonchev–Trinajstić information content (AvgIpc) is 2.48. The second-order valence-electron chi connectivity index (χ2n) is 6.63. The minimum Gasteiger partial charge on any atom is -0.365 e. The van der Waals surface area contributed by atoms with Crippen LogP contribution in [0.1, 0.15) is 44.6 Å². The largest absolute Gasteiger partial charge is 0.365 e. The molecule has 0 bridgehead atoms. The molecule has 2 aliphatic rings. The fourth-order valence-electron chi connectivity index (χ4n) is 3.80. The van der Waals surface area contributed by atoms with Gasteiger partial charge in [0.2, 0.25) is 0 Å². The Bertz CT molecular complexity index is 440. The Morgan fingerprint density at radius 2 is 2.00 bits per heavy atom. The van der Waals surface area contributed by atoms with E-state index in [0.29, 0.717) is 12.1 Å². The maximum Gasteiger partial charge on any atom is 0.0558 e. The summed E-state index contributed by atoms with van der Waals surface area (Å²) in [6.45, 7) is 6.67. The molecule has 110 valence electrons. The summed E-state index contributed by atoms with van der Waals surface area (Å²) in [6.07, 6.45) is 11.1. The number of nitrogens with zero attached hydrogens (tertiary/aromatic N) is 2. The van der Waals surface area contributed by atoms with Crippen molar-refractivity contribution >= 4 is 5.69 Å². The molecule has 2 heterocycles. The number of aromatic nitrogens is 1. The molecule has 0 amide bonds. The van der Waals surface area contributed by atoms with Crippen molar-refractivity contribution in [2.24, 2.45) is 5.92 Å². The average molecular weight is 273 g/mol. The third-order valence-electron chi connectivity index (χ3n) is 5.01. The Balaban J connectivity index is 1.72. The van der Waals surface area contributed by atoms with Crippen LogP contribution in [0.4, 0.5) is 5.69 Å². The molecular weight excluding hydrogens is 246 g/mol. The zero-order valence-electron chi connectivity index (χ0n) is 12.8. The molecule has 0 spiro atoms. The van der Waals surface area contributed by atoms with Gasteiger partial charge in [-0.25, -0.2) is 0 Å². The first kappa shape index (κ1) is 13.9. The second kappa shape index (κ2) is 6.13. The minimum atomic E-state index is 0.554. The molecule has 3 heteroatoms. The topological polar surface area (TPSA) is 28.2 Å². The zero-order chi connectivity index (χ0) is 13.9. The van der Waals surface area contributed by atoms with Crippen LogP contribution >= 0.6 is 0 Å². The highest BCUT2D eigenvalue weighted by Gasteiger charge is 2.31. The van der Waals surface area contributed by atoms with Gasteiger partial charge in [0.15, 0.2) is 0 Å². The molecule has 1 aliphatic heterocycles. The van der Waals surface area contributed by atoms with E-state index in [0.717, 1.165) is 19.0 Å². The normalized spacial score (nSPS) is 28.6. The first-order chi connectivity index (χ1) is 9.74. The van der Waals surface area contributed by atoms with Crippen molar-refractivity contribution in [3.63, 3.8) is 0 Å². The first-order valence-electron chi connectivity index (χ1n) is 8.16. The predicted molar refractivity (Wildman–Crippen MR) is 84.1 cm³/mol. The highest BCUT2D eigenvalue weighted by atomic mass is 15.2. The van der Waals surface area contributed by atoms with Gasteiger partial charge in [0.05, 0.1) is 11.9 Å². The molecule has 1 saturated heterocycles. The molecule has 2 fully saturated rings. The van der Waals surface area contributed by atoms with Gasteiger partial charge in [-0.05, 0) is 44.2 Å². The molecule has 1 aliphatic carbocycles. The van der Waals surface area contributed by atoms with Crippen LogP contribution in [0.5, 0.6) is 0 Å². The fraction of sp³-hybridized carbons (Fsp3) is 0.706. The second-order valence-corrected chi connectivity index (χ2v) is 6.63. The van der Waals surface area contributed by atoms with E-state index >= 15 is 0 Å². The highest BCUT2D eigenvalue weighted by molar-refractivity contribution is 5.47. The smallest absolute Gasteiger partial charge is 0.0558 e. The number of rotatable bonds is 2. The van der Waals surface area contributed by atoms with E-state index in [1.807, 2.05) is 12.4 Å². The quantitative estimate of drug-likeness (QED) is 0.897. The van der Waals surface area contributed by atoms with Gasteiger partial charge >= 0.3 is 0 Å². The van der Waals surface area contributed by atoms with Crippen molar-refractivity contribution < 1.29 is 0 Å². The number of aryl methyl sites for hydroxylation is 1. The summed E-state index contributed by atoms with van der Waals surface area (Å²) in [5.41, 5.74) is 2.54. The van der Waals surface area contributed by atoms with Crippen LogP contribution in [0.25, 0.3) is 0 Å². The highest BCUT2D eigenvalue weighted by Crippen LogP contribution is 2.30. The zero-order valence-corrected chi connectivity index (χ0v) is 12.8. The van der Waals surface area contributed by atoms with E-state index < -0.39 is 0 Å². The van der Waals surface area contributed by atoms with Crippen LogP contribution in [-0.4, -0.2) is 30.2 Å². The number of hydrogen-bond donors (Lipinski definition) is 1. The molecule has 0 radical (unpaired) electrons. The van der Waals surface area contributed by atoms with Gasteiger partial charge < -0.3 is 10.2 Å². The molecule has 20 heavy (non-hydrogen) atoms. The lowest BCUT2D eigenvalue weighted by Crippen LogP contribution is -2.58. The molecule has 1 saturated carbocycles. The molecule has 2 atom stereocenters. The van der Waals surface area contributed by atoms with Crippen molar-refractivity contribution in [2.75, 3.05) is 18.0 Å². The lowest BCUT2D eigenvalue weighted by Gasteiger charge is -2.44. The first-order valence-corrected chi connectivity index (χ1v) is 8.16. The van der Waals surface area contributed by atoms with E-state index in [-0.39, 0.29) is 0 Å². The standard InChI is InChI=1S/C17H27N3/c1-13-8-16(11-18-9-13)20-12-17(19-10-14(20)2)15-6-4-3-5-7-15/h8-9,11,14-15,17,19H,3-7,10,12H2,1-2H3. The summed E-state index contributed by atoms with van der Waals surface area (Å²) in [7, 11) is 0. The summed E-state index contributed by atoms with van der Waals surface area (Å²) < 4.78 is 0. The van der Waals surface area contributed by atoms with Crippen molar-refractivity contribution in [3.05, 3.63) is 24.0 Å². The SMILES string of the molecule is Cc1cncc(N2CC(C3CCCCC3)NCC2C)c1. The van der Waals surface area contributed by atoms with Crippen LogP contribution < -0.4 is 10.2 Å². The van der Waals surface area contributed by atoms with Crippen LogP contribution in [0, 0.1) is 12.8 Å². The molecule has 2 unspecified atom stereocenters. The van der Waals surface area contributed by atoms with Gasteiger partial charge in [0.1, 0.15) is 0 Å². The van der Waals surface area contributed by atoms with E-state index in [1.54, 1.807) is 0 Å². The molecule has 0 aromatic carbocycles. The number of pyridine rings is 1.